The van der Waals surface area contributed by atoms with Crippen LogP contribution in [0.2, 0.25) is 0 Å². The van der Waals surface area contributed by atoms with E-state index in [1.807, 2.05) is 35.0 Å². The number of fused-ring (bicyclic) bond motifs is 1. The molecule has 0 saturated heterocycles. The topological polar surface area (TPSA) is 82.0 Å². The third kappa shape index (κ3) is 3.57. The van der Waals surface area contributed by atoms with Gasteiger partial charge in [0.05, 0.1) is 41.6 Å². The zero-order valence-corrected chi connectivity index (χ0v) is 16.6. The number of aromatic nitrogens is 6. The SMILES string of the molecule is Cc1c(C(=O)Nc2cnn(Cc3cn4ccccc4n3)c2)cnn1-c1ccccc1F. The smallest absolute Gasteiger partial charge is 0.259 e. The minimum absolute atomic E-state index is 0.291. The maximum atomic E-state index is 14.1. The van der Waals surface area contributed by atoms with Crippen molar-refractivity contribution in [1.82, 2.24) is 28.9 Å². The fraction of sp³-hybridized carbons (Fsp3) is 0.0909. The molecule has 9 heteroatoms. The molecule has 0 saturated carbocycles. The number of nitrogens with zero attached hydrogens (tertiary/aromatic N) is 6. The number of hydrogen-bond donors (Lipinski definition) is 1. The number of pyridine rings is 1. The third-order valence-corrected chi connectivity index (χ3v) is 4.96. The van der Waals surface area contributed by atoms with Crippen LogP contribution in [0.25, 0.3) is 11.3 Å². The van der Waals surface area contributed by atoms with Crippen LogP contribution < -0.4 is 5.32 Å². The molecule has 0 aliphatic rings. The van der Waals surface area contributed by atoms with Crippen molar-refractivity contribution in [3.05, 3.63) is 96.2 Å². The average molecular weight is 415 g/mol. The van der Waals surface area contributed by atoms with Gasteiger partial charge in [-0.05, 0) is 31.2 Å². The molecule has 1 amide bonds. The Morgan fingerprint density at radius 1 is 1.06 bits per heavy atom. The lowest BCUT2D eigenvalue weighted by atomic mass is 10.2. The van der Waals surface area contributed by atoms with Crippen molar-refractivity contribution in [3.63, 3.8) is 0 Å². The van der Waals surface area contributed by atoms with Crippen molar-refractivity contribution < 1.29 is 9.18 Å². The van der Waals surface area contributed by atoms with Crippen LogP contribution in [0.4, 0.5) is 10.1 Å². The number of para-hydroxylation sites is 1. The van der Waals surface area contributed by atoms with Crippen LogP contribution in [-0.4, -0.2) is 34.9 Å². The molecule has 0 bridgehead atoms. The second kappa shape index (κ2) is 7.52. The number of halogens is 1. The number of nitrogens with one attached hydrogen (secondary N) is 1. The maximum Gasteiger partial charge on any atom is 0.259 e. The molecule has 0 fully saturated rings. The van der Waals surface area contributed by atoms with Gasteiger partial charge in [-0.25, -0.2) is 14.1 Å². The van der Waals surface area contributed by atoms with E-state index >= 15 is 0 Å². The van der Waals surface area contributed by atoms with E-state index in [0.29, 0.717) is 29.2 Å². The van der Waals surface area contributed by atoms with Crippen molar-refractivity contribution in [1.29, 1.82) is 0 Å². The van der Waals surface area contributed by atoms with Crippen LogP contribution in [0.5, 0.6) is 0 Å². The molecule has 4 heterocycles. The minimum Gasteiger partial charge on any atom is -0.319 e. The molecule has 8 nitrogen and oxygen atoms in total. The van der Waals surface area contributed by atoms with E-state index in [9.17, 15) is 9.18 Å². The molecule has 0 aliphatic heterocycles. The molecule has 154 valence electrons. The van der Waals surface area contributed by atoms with Gasteiger partial charge in [-0.2, -0.15) is 10.2 Å². The van der Waals surface area contributed by atoms with Gasteiger partial charge in [-0.1, -0.05) is 18.2 Å². The summed E-state index contributed by atoms with van der Waals surface area (Å²) in [6, 6.07) is 12.1. The summed E-state index contributed by atoms with van der Waals surface area (Å²) in [4.78, 5) is 17.3. The summed E-state index contributed by atoms with van der Waals surface area (Å²) in [6.45, 7) is 2.20. The maximum absolute atomic E-state index is 14.1. The highest BCUT2D eigenvalue weighted by Gasteiger charge is 2.17. The molecular weight excluding hydrogens is 397 g/mol. The fourth-order valence-corrected chi connectivity index (χ4v) is 3.44. The summed E-state index contributed by atoms with van der Waals surface area (Å²) < 4.78 is 19.1. The Morgan fingerprint density at radius 2 is 1.90 bits per heavy atom. The number of carbonyl (C=O) groups is 1. The lowest BCUT2D eigenvalue weighted by Crippen LogP contribution is -2.13. The van der Waals surface area contributed by atoms with Crippen LogP contribution >= 0.6 is 0 Å². The average Bonchev–Trinajstić information content (AvgIpc) is 3.47. The third-order valence-electron chi connectivity index (χ3n) is 4.96. The number of rotatable bonds is 5. The Balaban J connectivity index is 1.31. The first kappa shape index (κ1) is 18.7. The minimum atomic E-state index is -0.408. The fourth-order valence-electron chi connectivity index (χ4n) is 3.44. The van der Waals surface area contributed by atoms with Gasteiger partial charge in [-0.15, -0.1) is 0 Å². The molecule has 0 unspecified atom stereocenters. The van der Waals surface area contributed by atoms with Gasteiger partial charge in [-0.3, -0.25) is 9.48 Å². The predicted molar refractivity (Wildman–Crippen MR) is 113 cm³/mol. The molecular formula is C22H18FN7O. The van der Waals surface area contributed by atoms with E-state index in [1.54, 1.807) is 42.2 Å². The highest BCUT2D eigenvalue weighted by molar-refractivity contribution is 6.04. The Labute approximate surface area is 176 Å². The number of anilines is 1. The lowest BCUT2D eigenvalue weighted by Gasteiger charge is -2.06. The van der Waals surface area contributed by atoms with Gasteiger partial charge in [0.1, 0.15) is 17.2 Å². The van der Waals surface area contributed by atoms with E-state index in [2.05, 4.69) is 20.5 Å². The first-order valence-corrected chi connectivity index (χ1v) is 9.64. The highest BCUT2D eigenvalue weighted by Crippen LogP contribution is 2.18. The zero-order chi connectivity index (χ0) is 21.4. The summed E-state index contributed by atoms with van der Waals surface area (Å²) >= 11 is 0. The molecule has 5 rings (SSSR count). The summed E-state index contributed by atoms with van der Waals surface area (Å²) in [5, 5.41) is 11.3. The normalized spacial score (nSPS) is 11.2. The van der Waals surface area contributed by atoms with E-state index in [0.717, 1.165) is 11.3 Å². The van der Waals surface area contributed by atoms with E-state index < -0.39 is 5.82 Å². The van der Waals surface area contributed by atoms with Crippen LogP contribution in [0.15, 0.2) is 73.4 Å². The Kier molecular flexibility index (Phi) is 4.55. The Bertz CT molecular complexity index is 1360. The predicted octanol–water partition coefficient (Wildman–Crippen LogP) is 3.46. The van der Waals surface area contributed by atoms with Crippen LogP contribution in [0.3, 0.4) is 0 Å². The molecule has 4 aromatic heterocycles. The Morgan fingerprint density at radius 3 is 2.74 bits per heavy atom. The zero-order valence-electron chi connectivity index (χ0n) is 16.6. The van der Waals surface area contributed by atoms with Crippen molar-refractivity contribution in [2.75, 3.05) is 5.32 Å². The first-order valence-electron chi connectivity index (χ1n) is 9.64. The van der Waals surface area contributed by atoms with Crippen LogP contribution in [0.1, 0.15) is 21.7 Å². The quantitative estimate of drug-likeness (QED) is 0.477. The standard InChI is InChI=1S/C22H18FN7O/c1-15-18(11-25-30(15)20-7-3-2-6-19(20)23)22(31)27-16-10-24-29(13-16)14-17-12-28-9-5-4-8-21(28)26-17/h2-13H,14H2,1H3,(H,27,31). The van der Waals surface area contributed by atoms with E-state index in [-0.39, 0.29) is 5.91 Å². The second-order valence-corrected chi connectivity index (χ2v) is 7.09. The van der Waals surface area contributed by atoms with Gasteiger partial charge in [0.25, 0.3) is 5.91 Å². The monoisotopic (exact) mass is 415 g/mol. The number of carbonyl (C=O) groups excluding carboxylic acids is 1. The van der Waals surface area contributed by atoms with Gasteiger partial charge in [0, 0.05) is 18.6 Å². The van der Waals surface area contributed by atoms with Gasteiger partial charge < -0.3 is 9.72 Å². The lowest BCUT2D eigenvalue weighted by molar-refractivity contribution is 0.102. The van der Waals surface area contributed by atoms with Crippen molar-refractivity contribution >= 4 is 17.2 Å². The van der Waals surface area contributed by atoms with Gasteiger partial charge >= 0.3 is 0 Å². The highest BCUT2D eigenvalue weighted by atomic mass is 19.1. The second-order valence-electron chi connectivity index (χ2n) is 7.09. The number of imidazole rings is 1. The van der Waals surface area contributed by atoms with Crippen LogP contribution in [0, 0.1) is 12.7 Å². The van der Waals surface area contributed by atoms with E-state index in [4.69, 9.17) is 0 Å². The molecule has 0 radical (unpaired) electrons. The van der Waals surface area contributed by atoms with Gasteiger partial charge in [0.15, 0.2) is 0 Å². The van der Waals surface area contributed by atoms with Crippen LogP contribution in [-0.2, 0) is 6.54 Å². The molecule has 31 heavy (non-hydrogen) atoms. The summed E-state index contributed by atoms with van der Waals surface area (Å²) in [5.41, 5.74) is 3.46. The van der Waals surface area contributed by atoms with Crippen molar-refractivity contribution in [3.8, 4) is 5.69 Å². The molecule has 0 spiro atoms. The molecule has 0 atom stereocenters. The molecule has 1 N–H and O–H groups in total. The summed E-state index contributed by atoms with van der Waals surface area (Å²) in [6.07, 6.45) is 8.61. The molecule has 0 aliphatic carbocycles. The Hall–Kier alpha value is -4.27. The van der Waals surface area contributed by atoms with Gasteiger partial charge in [0.2, 0.25) is 0 Å². The molecule has 1 aromatic carbocycles. The van der Waals surface area contributed by atoms with Crippen molar-refractivity contribution in [2.24, 2.45) is 0 Å². The van der Waals surface area contributed by atoms with E-state index in [1.165, 1.54) is 16.9 Å². The number of hydrogen-bond acceptors (Lipinski definition) is 4. The first-order chi connectivity index (χ1) is 15.1. The van der Waals surface area contributed by atoms with Crippen molar-refractivity contribution in [2.45, 2.75) is 13.5 Å². The largest absolute Gasteiger partial charge is 0.319 e. The number of amides is 1. The number of benzene rings is 1. The summed E-state index contributed by atoms with van der Waals surface area (Å²) in [5.74, 6) is -0.749. The molecule has 5 aromatic rings. The summed E-state index contributed by atoms with van der Waals surface area (Å²) in [7, 11) is 0.